The van der Waals surface area contributed by atoms with E-state index in [1.165, 1.54) is 0 Å². The Morgan fingerprint density at radius 2 is 2.40 bits per heavy atom. The Bertz CT molecular complexity index is 346. The second-order valence-corrected chi connectivity index (χ2v) is 5.33. The Morgan fingerprint density at radius 3 is 3.00 bits per heavy atom. The molecule has 2 atom stereocenters. The minimum atomic E-state index is -0.995. The Balaban J connectivity index is 1.98. The van der Waals surface area contributed by atoms with Crippen molar-refractivity contribution >= 4 is 10.8 Å². The monoisotopic (exact) mass is 225 g/mol. The van der Waals surface area contributed by atoms with Crippen LogP contribution >= 0.6 is 0 Å². The first-order chi connectivity index (χ1) is 7.25. The molecule has 0 unspecified atom stereocenters. The summed E-state index contributed by atoms with van der Waals surface area (Å²) in [6.45, 7) is 3.90. The van der Waals surface area contributed by atoms with E-state index in [0.717, 1.165) is 25.2 Å². The van der Waals surface area contributed by atoms with Gasteiger partial charge in [-0.05, 0) is 44.5 Å². The van der Waals surface area contributed by atoms with Crippen LogP contribution in [-0.2, 0) is 10.8 Å². The average molecular weight is 225 g/mol. The number of nitrogens with zero attached hydrogens (tertiary/aromatic N) is 2. The fraction of sp³-hybridized carbons (Fsp3) is 0.600. The number of hydrogen-bond acceptors (Lipinski definition) is 4. The number of hydrogen-bond donors (Lipinski definition) is 1. The maximum absolute atomic E-state index is 11.9. The smallest absolute Gasteiger partial charge is 0.149 e. The molecule has 1 aliphatic rings. The van der Waals surface area contributed by atoms with Gasteiger partial charge in [0, 0.05) is 5.75 Å². The maximum Gasteiger partial charge on any atom is 0.149 e. The molecule has 82 valence electrons. The molecule has 1 aliphatic heterocycles. The van der Waals surface area contributed by atoms with Crippen molar-refractivity contribution in [2.75, 3.05) is 18.8 Å². The first-order valence-electron chi connectivity index (χ1n) is 5.15. The molecule has 0 saturated carbocycles. The van der Waals surface area contributed by atoms with Gasteiger partial charge < -0.3 is 5.32 Å². The van der Waals surface area contributed by atoms with Gasteiger partial charge in [-0.2, -0.15) is 5.10 Å². The highest BCUT2D eigenvalue weighted by molar-refractivity contribution is 7.84. The number of aromatic nitrogens is 2. The summed E-state index contributed by atoms with van der Waals surface area (Å²) in [5.41, 5.74) is 0.860. The molecule has 0 amide bonds. The van der Waals surface area contributed by atoms with Gasteiger partial charge in [-0.3, -0.25) is 4.21 Å². The zero-order chi connectivity index (χ0) is 10.7. The molecule has 1 aromatic rings. The molecule has 1 N–H and O–H groups in total. The second-order valence-electron chi connectivity index (χ2n) is 3.88. The highest BCUT2D eigenvalue weighted by atomic mass is 32.2. The molecule has 0 spiro atoms. The lowest BCUT2D eigenvalue weighted by atomic mass is 10.2. The van der Waals surface area contributed by atoms with Crippen molar-refractivity contribution in [1.82, 2.24) is 15.5 Å². The van der Waals surface area contributed by atoms with E-state index < -0.39 is 10.8 Å². The summed E-state index contributed by atoms with van der Waals surface area (Å²) >= 11 is 0. The number of aryl methyl sites for hydroxylation is 1. The molecule has 1 fully saturated rings. The summed E-state index contributed by atoms with van der Waals surface area (Å²) < 4.78 is 11.9. The van der Waals surface area contributed by atoms with Crippen LogP contribution in [0.4, 0.5) is 0 Å². The van der Waals surface area contributed by atoms with E-state index in [-0.39, 0.29) is 0 Å². The fourth-order valence-electron chi connectivity index (χ4n) is 1.66. The van der Waals surface area contributed by atoms with Gasteiger partial charge >= 0.3 is 0 Å². The lowest BCUT2D eigenvalue weighted by Crippen LogP contribution is -2.15. The zero-order valence-corrected chi connectivity index (χ0v) is 9.59. The lowest BCUT2D eigenvalue weighted by Gasteiger charge is -2.06. The molecule has 4 nitrogen and oxygen atoms in total. The summed E-state index contributed by atoms with van der Waals surface area (Å²) in [6.07, 6.45) is 1.12. The second kappa shape index (κ2) is 4.81. The van der Waals surface area contributed by atoms with Crippen LogP contribution in [0.5, 0.6) is 0 Å². The maximum atomic E-state index is 11.9. The molecule has 15 heavy (non-hydrogen) atoms. The van der Waals surface area contributed by atoms with Crippen molar-refractivity contribution in [3.05, 3.63) is 17.8 Å². The summed E-state index contributed by atoms with van der Waals surface area (Å²) in [7, 11) is -0.995. The van der Waals surface area contributed by atoms with E-state index in [1.807, 2.05) is 13.0 Å². The van der Waals surface area contributed by atoms with Crippen molar-refractivity contribution in [3.63, 3.8) is 0 Å². The van der Waals surface area contributed by atoms with Gasteiger partial charge in [-0.15, -0.1) is 5.10 Å². The van der Waals surface area contributed by atoms with Crippen LogP contribution in [-0.4, -0.2) is 33.2 Å². The number of rotatable bonds is 3. The topological polar surface area (TPSA) is 54.9 Å². The molecule has 5 heteroatoms. The molecular formula is C10H15N3OS. The largest absolute Gasteiger partial charge is 0.316 e. The third-order valence-electron chi connectivity index (χ3n) is 2.56. The number of nitrogens with one attached hydrogen (secondary N) is 1. The molecule has 0 bridgehead atoms. The molecule has 0 aliphatic carbocycles. The first kappa shape index (κ1) is 10.7. The highest BCUT2D eigenvalue weighted by Crippen LogP contribution is 2.12. The normalized spacial score (nSPS) is 22.9. The molecular weight excluding hydrogens is 210 g/mol. The summed E-state index contributed by atoms with van der Waals surface area (Å²) in [5, 5.41) is 11.7. The fourth-order valence-corrected chi connectivity index (χ4v) is 2.90. The Labute approximate surface area is 91.9 Å². The van der Waals surface area contributed by atoms with Crippen LogP contribution in [0.2, 0.25) is 0 Å². The predicted octanol–water partition coefficient (Wildman–Crippen LogP) is 0.502. The van der Waals surface area contributed by atoms with Crippen molar-refractivity contribution in [1.29, 1.82) is 0 Å². The molecule has 0 radical (unpaired) electrons. The van der Waals surface area contributed by atoms with Gasteiger partial charge in [0.15, 0.2) is 0 Å². The minimum Gasteiger partial charge on any atom is -0.316 e. The first-order valence-corrected chi connectivity index (χ1v) is 6.47. The van der Waals surface area contributed by atoms with Gasteiger partial charge in [0.1, 0.15) is 5.03 Å². The minimum absolute atomic E-state index is 0.522. The Morgan fingerprint density at radius 1 is 1.53 bits per heavy atom. The standard InChI is InChI=1S/C10H15N3OS/c1-8-2-3-10(13-12-8)15(14)7-9-4-5-11-6-9/h2-3,9,11H,4-7H2,1H3/t9-,15+/m0/s1. The predicted molar refractivity (Wildman–Crippen MR) is 59.0 cm³/mol. The Kier molecular flexibility index (Phi) is 3.43. The molecule has 2 rings (SSSR count). The van der Waals surface area contributed by atoms with Crippen LogP contribution in [0.3, 0.4) is 0 Å². The van der Waals surface area contributed by atoms with E-state index in [0.29, 0.717) is 16.7 Å². The van der Waals surface area contributed by atoms with Crippen LogP contribution in [0.15, 0.2) is 17.2 Å². The van der Waals surface area contributed by atoms with E-state index in [9.17, 15) is 4.21 Å². The molecule has 2 heterocycles. The molecule has 1 saturated heterocycles. The van der Waals surface area contributed by atoms with E-state index in [1.54, 1.807) is 6.07 Å². The van der Waals surface area contributed by atoms with Crippen LogP contribution in [0.25, 0.3) is 0 Å². The SMILES string of the molecule is Cc1ccc([S@](=O)C[C@H]2CCNC2)nn1. The third-order valence-corrected chi connectivity index (χ3v) is 4.01. The summed E-state index contributed by atoms with van der Waals surface area (Å²) in [6, 6.07) is 3.66. The summed E-state index contributed by atoms with van der Waals surface area (Å²) in [5.74, 6) is 1.22. The van der Waals surface area contributed by atoms with Crippen LogP contribution < -0.4 is 5.32 Å². The van der Waals surface area contributed by atoms with Crippen molar-refractivity contribution in [2.24, 2.45) is 5.92 Å². The van der Waals surface area contributed by atoms with E-state index >= 15 is 0 Å². The molecule has 0 aromatic carbocycles. The van der Waals surface area contributed by atoms with Gasteiger partial charge in [-0.1, -0.05) is 0 Å². The van der Waals surface area contributed by atoms with Gasteiger partial charge in [0.25, 0.3) is 0 Å². The lowest BCUT2D eigenvalue weighted by molar-refractivity contribution is 0.629. The van der Waals surface area contributed by atoms with Crippen molar-refractivity contribution in [3.8, 4) is 0 Å². The average Bonchev–Trinajstić information content (AvgIpc) is 2.71. The van der Waals surface area contributed by atoms with Gasteiger partial charge in [-0.25, -0.2) is 0 Å². The zero-order valence-electron chi connectivity index (χ0n) is 8.77. The van der Waals surface area contributed by atoms with E-state index in [4.69, 9.17) is 0 Å². The highest BCUT2D eigenvalue weighted by Gasteiger charge is 2.18. The van der Waals surface area contributed by atoms with Crippen molar-refractivity contribution < 1.29 is 4.21 Å². The van der Waals surface area contributed by atoms with Crippen molar-refractivity contribution in [2.45, 2.75) is 18.4 Å². The Hall–Kier alpha value is -0.810. The van der Waals surface area contributed by atoms with E-state index in [2.05, 4.69) is 15.5 Å². The van der Waals surface area contributed by atoms with Crippen LogP contribution in [0, 0.1) is 12.8 Å². The van der Waals surface area contributed by atoms with Gasteiger partial charge in [0.2, 0.25) is 0 Å². The summed E-state index contributed by atoms with van der Waals surface area (Å²) in [4.78, 5) is 0. The quantitative estimate of drug-likeness (QED) is 0.814. The van der Waals surface area contributed by atoms with Crippen LogP contribution in [0.1, 0.15) is 12.1 Å². The third kappa shape index (κ3) is 2.82. The molecule has 1 aromatic heterocycles. The van der Waals surface area contributed by atoms with Gasteiger partial charge in [0.05, 0.1) is 16.5 Å².